The van der Waals surface area contributed by atoms with Crippen LogP contribution in [-0.2, 0) is 0 Å². The first kappa shape index (κ1) is 15.2. The number of nitrogens with zero attached hydrogens (tertiary/aromatic N) is 2. The Hall–Kier alpha value is -2.73. The zero-order chi connectivity index (χ0) is 16.2. The number of hydrogen-bond acceptors (Lipinski definition) is 3. The van der Waals surface area contributed by atoms with Crippen molar-refractivity contribution in [2.24, 2.45) is 0 Å². The van der Waals surface area contributed by atoms with Gasteiger partial charge in [-0.05, 0) is 48.0 Å². The van der Waals surface area contributed by atoms with Crippen molar-refractivity contribution in [2.75, 3.05) is 6.61 Å². The van der Waals surface area contributed by atoms with Gasteiger partial charge in [-0.15, -0.1) is 0 Å². The maximum atomic E-state index is 13.1. The molecule has 2 aromatic carbocycles. The molecule has 1 heterocycles. The van der Waals surface area contributed by atoms with Crippen LogP contribution in [0.1, 0.15) is 11.7 Å². The van der Waals surface area contributed by atoms with Gasteiger partial charge in [0.1, 0.15) is 18.5 Å². The van der Waals surface area contributed by atoms with Crippen LogP contribution in [0.2, 0.25) is 0 Å². The minimum Gasteiger partial charge on any atom is -0.491 e. The highest BCUT2D eigenvalue weighted by Gasteiger charge is 2.11. The van der Waals surface area contributed by atoms with E-state index in [-0.39, 0.29) is 12.2 Å². The Bertz CT molecular complexity index is 774. The fraction of sp³-hybridized carbons (Fsp3) is 0.118. The number of aromatic nitrogens is 2. The van der Waals surface area contributed by atoms with E-state index in [1.807, 2.05) is 24.4 Å². The van der Waals surface area contributed by atoms with E-state index in [0.717, 1.165) is 17.8 Å². The molecule has 1 unspecified atom stereocenters. The molecule has 0 aliphatic rings. The van der Waals surface area contributed by atoms with Gasteiger partial charge in [0.05, 0.1) is 5.69 Å². The van der Waals surface area contributed by atoms with Crippen molar-refractivity contribution in [1.82, 2.24) is 9.78 Å². The maximum Gasteiger partial charge on any atom is 0.159 e. The quantitative estimate of drug-likeness (QED) is 0.786. The molecule has 0 saturated carbocycles. The molecule has 1 atom stereocenters. The number of ether oxygens (including phenoxy) is 1. The molecule has 6 heteroatoms. The van der Waals surface area contributed by atoms with Crippen LogP contribution in [0.25, 0.3) is 5.69 Å². The number of aliphatic hydroxyl groups excluding tert-OH is 1. The Morgan fingerprint density at radius 1 is 1.09 bits per heavy atom. The third-order valence-electron chi connectivity index (χ3n) is 3.34. The highest BCUT2D eigenvalue weighted by molar-refractivity contribution is 5.36. The van der Waals surface area contributed by atoms with E-state index in [2.05, 4.69) is 5.10 Å². The van der Waals surface area contributed by atoms with Crippen LogP contribution >= 0.6 is 0 Å². The first-order valence-corrected chi connectivity index (χ1v) is 6.99. The second-order valence-corrected chi connectivity index (χ2v) is 4.94. The van der Waals surface area contributed by atoms with Crippen LogP contribution in [0, 0.1) is 11.6 Å². The fourth-order valence-corrected chi connectivity index (χ4v) is 2.11. The summed E-state index contributed by atoms with van der Waals surface area (Å²) < 4.78 is 33.2. The molecular weight excluding hydrogens is 302 g/mol. The summed E-state index contributed by atoms with van der Waals surface area (Å²) in [5.74, 6) is -1.39. The van der Waals surface area contributed by atoms with Gasteiger partial charge < -0.3 is 9.84 Å². The van der Waals surface area contributed by atoms with E-state index < -0.39 is 17.7 Å². The first-order valence-electron chi connectivity index (χ1n) is 6.99. The molecule has 0 radical (unpaired) electrons. The van der Waals surface area contributed by atoms with E-state index in [9.17, 15) is 13.9 Å². The molecule has 3 rings (SSSR count). The lowest BCUT2D eigenvalue weighted by atomic mass is 10.1. The van der Waals surface area contributed by atoms with Gasteiger partial charge >= 0.3 is 0 Å². The number of benzene rings is 2. The predicted molar refractivity (Wildman–Crippen MR) is 80.4 cm³/mol. The molecular formula is C17H14F2N2O2. The largest absolute Gasteiger partial charge is 0.491 e. The molecule has 0 fully saturated rings. The van der Waals surface area contributed by atoms with E-state index >= 15 is 0 Å². The highest BCUT2D eigenvalue weighted by Crippen LogP contribution is 2.19. The second kappa shape index (κ2) is 6.58. The molecule has 1 aromatic heterocycles. The summed E-state index contributed by atoms with van der Waals surface area (Å²) in [5.41, 5.74) is 1.14. The second-order valence-electron chi connectivity index (χ2n) is 4.94. The van der Waals surface area contributed by atoms with Crippen LogP contribution in [0.15, 0.2) is 60.9 Å². The van der Waals surface area contributed by atoms with Gasteiger partial charge in [-0.1, -0.05) is 6.07 Å². The molecule has 0 aliphatic heterocycles. The summed E-state index contributed by atoms with van der Waals surface area (Å²) in [7, 11) is 0. The topological polar surface area (TPSA) is 47.3 Å². The minimum absolute atomic E-state index is 0.0633. The average Bonchev–Trinajstić information content (AvgIpc) is 3.10. The summed E-state index contributed by atoms with van der Waals surface area (Å²) in [6, 6.07) is 12.2. The Labute approximate surface area is 131 Å². The molecule has 118 valence electrons. The van der Waals surface area contributed by atoms with Crippen molar-refractivity contribution in [1.29, 1.82) is 0 Å². The number of aliphatic hydroxyl groups is 1. The van der Waals surface area contributed by atoms with E-state index in [0.29, 0.717) is 5.75 Å². The third kappa shape index (κ3) is 3.54. The summed E-state index contributed by atoms with van der Waals surface area (Å²) in [6.45, 7) is -0.0633. The van der Waals surface area contributed by atoms with Crippen LogP contribution in [0.4, 0.5) is 8.78 Å². The van der Waals surface area contributed by atoms with Crippen LogP contribution < -0.4 is 4.74 Å². The highest BCUT2D eigenvalue weighted by atomic mass is 19.2. The molecule has 0 bridgehead atoms. The van der Waals surface area contributed by atoms with E-state index in [4.69, 9.17) is 4.74 Å². The van der Waals surface area contributed by atoms with Gasteiger partial charge in [0, 0.05) is 12.4 Å². The first-order chi connectivity index (χ1) is 11.1. The Kier molecular flexibility index (Phi) is 4.34. The zero-order valence-corrected chi connectivity index (χ0v) is 12.1. The average molecular weight is 316 g/mol. The monoisotopic (exact) mass is 316 g/mol. The Balaban J connectivity index is 1.62. The molecule has 23 heavy (non-hydrogen) atoms. The lowest BCUT2D eigenvalue weighted by molar-refractivity contribution is 0.108. The van der Waals surface area contributed by atoms with E-state index in [1.165, 1.54) is 6.07 Å². The van der Waals surface area contributed by atoms with Crippen molar-refractivity contribution < 1.29 is 18.6 Å². The summed E-state index contributed by atoms with van der Waals surface area (Å²) >= 11 is 0. The number of halogens is 2. The van der Waals surface area contributed by atoms with Crippen molar-refractivity contribution in [2.45, 2.75) is 6.10 Å². The van der Waals surface area contributed by atoms with Crippen LogP contribution in [0.3, 0.4) is 0 Å². The number of rotatable bonds is 5. The molecule has 1 N–H and O–H groups in total. The molecule has 4 nitrogen and oxygen atoms in total. The zero-order valence-electron chi connectivity index (χ0n) is 12.1. The van der Waals surface area contributed by atoms with Crippen molar-refractivity contribution >= 4 is 0 Å². The standard InChI is InChI=1S/C17H14F2N2O2/c18-15-7-2-12(10-16(15)19)17(22)11-23-14-5-3-13(4-6-14)21-9-1-8-20-21/h1-10,17,22H,11H2. The van der Waals surface area contributed by atoms with Crippen molar-refractivity contribution in [3.05, 3.63) is 78.1 Å². The van der Waals surface area contributed by atoms with Crippen LogP contribution in [-0.4, -0.2) is 21.5 Å². The van der Waals surface area contributed by atoms with Crippen LogP contribution in [0.5, 0.6) is 5.75 Å². The lowest BCUT2D eigenvalue weighted by Gasteiger charge is -2.13. The Morgan fingerprint density at radius 3 is 2.52 bits per heavy atom. The third-order valence-corrected chi connectivity index (χ3v) is 3.34. The normalized spacial score (nSPS) is 12.1. The molecule has 0 amide bonds. The molecule has 0 spiro atoms. The van der Waals surface area contributed by atoms with Crippen molar-refractivity contribution in [3.8, 4) is 11.4 Å². The van der Waals surface area contributed by atoms with Gasteiger partial charge in [-0.3, -0.25) is 0 Å². The van der Waals surface area contributed by atoms with Crippen molar-refractivity contribution in [3.63, 3.8) is 0 Å². The Morgan fingerprint density at radius 2 is 1.87 bits per heavy atom. The molecule has 3 aromatic rings. The lowest BCUT2D eigenvalue weighted by Crippen LogP contribution is -2.10. The smallest absolute Gasteiger partial charge is 0.159 e. The van der Waals surface area contributed by atoms with Gasteiger partial charge in [0.25, 0.3) is 0 Å². The predicted octanol–water partition coefficient (Wildman–Crippen LogP) is 3.26. The number of hydrogen-bond donors (Lipinski definition) is 1. The maximum absolute atomic E-state index is 13.1. The summed E-state index contributed by atoms with van der Waals surface area (Å²) in [5, 5.41) is 14.1. The summed E-state index contributed by atoms with van der Waals surface area (Å²) in [4.78, 5) is 0. The SMILES string of the molecule is OC(COc1ccc(-n2cccn2)cc1)c1ccc(F)c(F)c1. The van der Waals surface area contributed by atoms with Gasteiger partial charge in [-0.2, -0.15) is 5.10 Å². The molecule has 0 aliphatic carbocycles. The van der Waals surface area contributed by atoms with Gasteiger partial charge in [0.15, 0.2) is 11.6 Å². The van der Waals surface area contributed by atoms with Gasteiger partial charge in [0.2, 0.25) is 0 Å². The minimum atomic E-state index is -1.05. The summed E-state index contributed by atoms with van der Waals surface area (Å²) in [6.07, 6.45) is 2.46. The fourth-order valence-electron chi connectivity index (χ4n) is 2.11. The molecule has 0 saturated heterocycles. The van der Waals surface area contributed by atoms with E-state index in [1.54, 1.807) is 23.0 Å². The van der Waals surface area contributed by atoms with Gasteiger partial charge in [-0.25, -0.2) is 13.5 Å².